The van der Waals surface area contributed by atoms with Gasteiger partial charge < -0.3 is 19.8 Å². The molecule has 0 amide bonds. The standard InChI is InChI=1S/C14H21N3O2/c1-4-5-10(9-18-2)17-13-8-11(19-3)6-7-12(13)16-14(17)15/h6-8,10H,4-5,9H2,1-3H3,(H2,15,16). The normalized spacial score (nSPS) is 12.8. The zero-order chi connectivity index (χ0) is 13.8. The third kappa shape index (κ3) is 2.66. The minimum absolute atomic E-state index is 0.201. The Hall–Kier alpha value is -1.75. The highest BCUT2D eigenvalue weighted by molar-refractivity contribution is 5.80. The number of hydrogen-bond acceptors (Lipinski definition) is 4. The van der Waals surface area contributed by atoms with Crippen LogP contribution in [0.4, 0.5) is 5.95 Å². The fourth-order valence-corrected chi connectivity index (χ4v) is 2.41. The summed E-state index contributed by atoms with van der Waals surface area (Å²) in [6.45, 7) is 2.78. The van der Waals surface area contributed by atoms with E-state index in [1.54, 1.807) is 14.2 Å². The van der Waals surface area contributed by atoms with Crippen LogP contribution in [0, 0.1) is 0 Å². The lowest BCUT2D eigenvalue weighted by atomic mass is 10.1. The molecule has 0 aliphatic rings. The number of fused-ring (bicyclic) bond motifs is 1. The molecule has 1 heterocycles. The second-order valence-electron chi connectivity index (χ2n) is 4.59. The van der Waals surface area contributed by atoms with Crippen LogP contribution in [0.25, 0.3) is 11.0 Å². The number of hydrogen-bond donors (Lipinski definition) is 1. The molecule has 0 radical (unpaired) electrons. The number of ether oxygens (including phenoxy) is 2. The van der Waals surface area contributed by atoms with Crippen molar-refractivity contribution in [2.24, 2.45) is 0 Å². The number of aromatic nitrogens is 2. The van der Waals surface area contributed by atoms with Crippen LogP contribution in [0.1, 0.15) is 25.8 Å². The van der Waals surface area contributed by atoms with E-state index in [0.29, 0.717) is 12.6 Å². The number of anilines is 1. The number of benzene rings is 1. The highest BCUT2D eigenvalue weighted by Crippen LogP contribution is 2.28. The third-order valence-corrected chi connectivity index (χ3v) is 3.27. The molecule has 2 rings (SSSR count). The van der Waals surface area contributed by atoms with Gasteiger partial charge in [-0.3, -0.25) is 0 Å². The Labute approximate surface area is 113 Å². The minimum atomic E-state index is 0.201. The van der Waals surface area contributed by atoms with Crippen molar-refractivity contribution in [1.29, 1.82) is 0 Å². The van der Waals surface area contributed by atoms with Gasteiger partial charge in [-0.25, -0.2) is 4.98 Å². The summed E-state index contributed by atoms with van der Waals surface area (Å²) < 4.78 is 12.6. The van der Waals surface area contributed by atoms with Gasteiger partial charge in [-0.2, -0.15) is 0 Å². The largest absolute Gasteiger partial charge is 0.497 e. The maximum absolute atomic E-state index is 6.06. The quantitative estimate of drug-likeness (QED) is 0.870. The molecule has 1 atom stereocenters. The van der Waals surface area contributed by atoms with Crippen LogP contribution in [0.3, 0.4) is 0 Å². The van der Waals surface area contributed by atoms with Gasteiger partial charge in [0.2, 0.25) is 5.95 Å². The van der Waals surface area contributed by atoms with Crippen LogP contribution in [0.15, 0.2) is 18.2 Å². The number of methoxy groups -OCH3 is 2. The van der Waals surface area contributed by atoms with E-state index in [0.717, 1.165) is 29.6 Å². The van der Waals surface area contributed by atoms with Crippen molar-refractivity contribution in [3.8, 4) is 5.75 Å². The second-order valence-corrected chi connectivity index (χ2v) is 4.59. The van der Waals surface area contributed by atoms with E-state index in [-0.39, 0.29) is 6.04 Å². The van der Waals surface area contributed by atoms with Gasteiger partial charge in [-0.15, -0.1) is 0 Å². The molecule has 0 saturated heterocycles. The van der Waals surface area contributed by atoms with Crippen molar-refractivity contribution in [2.45, 2.75) is 25.8 Å². The van der Waals surface area contributed by atoms with Crippen molar-refractivity contribution < 1.29 is 9.47 Å². The van der Waals surface area contributed by atoms with Gasteiger partial charge in [-0.1, -0.05) is 13.3 Å². The number of nitrogens with zero attached hydrogens (tertiary/aromatic N) is 2. The van der Waals surface area contributed by atoms with Gasteiger partial charge in [0.05, 0.1) is 30.8 Å². The molecule has 1 unspecified atom stereocenters. The smallest absolute Gasteiger partial charge is 0.201 e. The first-order valence-corrected chi connectivity index (χ1v) is 6.51. The molecular formula is C14H21N3O2. The van der Waals surface area contributed by atoms with Crippen LogP contribution in [0.5, 0.6) is 5.75 Å². The molecule has 2 N–H and O–H groups in total. The maximum atomic E-state index is 6.06. The molecule has 19 heavy (non-hydrogen) atoms. The Morgan fingerprint density at radius 3 is 2.79 bits per heavy atom. The molecule has 0 fully saturated rings. The predicted octanol–water partition coefficient (Wildman–Crippen LogP) is 2.61. The summed E-state index contributed by atoms with van der Waals surface area (Å²) in [6.07, 6.45) is 2.07. The first kappa shape index (κ1) is 13.7. The van der Waals surface area contributed by atoms with Gasteiger partial charge in [0.15, 0.2) is 0 Å². The van der Waals surface area contributed by atoms with Crippen LogP contribution in [-0.2, 0) is 4.74 Å². The van der Waals surface area contributed by atoms with Crippen molar-refractivity contribution in [1.82, 2.24) is 9.55 Å². The van der Waals surface area contributed by atoms with Crippen LogP contribution in [0.2, 0.25) is 0 Å². The van der Waals surface area contributed by atoms with Gasteiger partial charge in [0, 0.05) is 13.2 Å². The molecule has 0 saturated carbocycles. The van der Waals surface area contributed by atoms with Crippen LogP contribution >= 0.6 is 0 Å². The maximum Gasteiger partial charge on any atom is 0.201 e. The van der Waals surface area contributed by atoms with Crippen LogP contribution < -0.4 is 10.5 Å². The average molecular weight is 263 g/mol. The van der Waals surface area contributed by atoms with E-state index in [1.807, 2.05) is 22.8 Å². The van der Waals surface area contributed by atoms with Gasteiger partial charge in [-0.05, 0) is 18.6 Å². The Morgan fingerprint density at radius 1 is 1.37 bits per heavy atom. The van der Waals surface area contributed by atoms with E-state index in [1.165, 1.54) is 0 Å². The summed E-state index contributed by atoms with van der Waals surface area (Å²) >= 11 is 0. The summed E-state index contributed by atoms with van der Waals surface area (Å²) in [5.74, 6) is 1.33. The summed E-state index contributed by atoms with van der Waals surface area (Å²) in [5, 5.41) is 0. The lowest BCUT2D eigenvalue weighted by Crippen LogP contribution is -2.16. The van der Waals surface area contributed by atoms with Gasteiger partial charge in [0.1, 0.15) is 5.75 Å². The summed E-state index contributed by atoms with van der Waals surface area (Å²) in [4.78, 5) is 4.40. The fraction of sp³-hybridized carbons (Fsp3) is 0.500. The Morgan fingerprint density at radius 2 is 2.16 bits per heavy atom. The first-order valence-electron chi connectivity index (χ1n) is 6.51. The van der Waals surface area contributed by atoms with Gasteiger partial charge >= 0.3 is 0 Å². The molecule has 2 aromatic rings. The number of rotatable bonds is 6. The number of nitrogen functional groups attached to an aromatic ring is 1. The van der Waals surface area contributed by atoms with Crippen molar-refractivity contribution >= 4 is 17.0 Å². The zero-order valence-electron chi connectivity index (χ0n) is 11.7. The van der Waals surface area contributed by atoms with E-state index >= 15 is 0 Å². The minimum Gasteiger partial charge on any atom is -0.497 e. The molecule has 0 aliphatic carbocycles. The molecule has 0 spiro atoms. The lowest BCUT2D eigenvalue weighted by Gasteiger charge is -2.19. The van der Waals surface area contributed by atoms with Crippen molar-refractivity contribution in [3.05, 3.63) is 18.2 Å². The third-order valence-electron chi connectivity index (χ3n) is 3.27. The Kier molecular flexibility index (Phi) is 4.27. The summed E-state index contributed by atoms with van der Waals surface area (Å²) in [5.41, 5.74) is 7.94. The molecule has 0 aliphatic heterocycles. The number of imidazole rings is 1. The van der Waals surface area contributed by atoms with E-state index in [2.05, 4.69) is 11.9 Å². The summed E-state index contributed by atoms with van der Waals surface area (Å²) in [6, 6.07) is 5.99. The predicted molar refractivity (Wildman–Crippen MR) is 76.5 cm³/mol. The van der Waals surface area contributed by atoms with Crippen molar-refractivity contribution in [3.63, 3.8) is 0 Å². The summed E-state index contributed by atoms with van der Waals surface area (Å²) in [7, 11) is 3.36. The van der Waals surface area contributed by atoms with Crippen LogP contribution in [-0.4, -0.2) is 30.4 Å². The molecule has 1 aromatic carbocycles. The second kappa shape index (κ2) is 5.93. The molecule has 1 aromatic heterocycles. The van der Waals surface area contributed by atoms with E-state index in [4.69, 9.17) is 15.2 Å². The Balaban J connectivity index is 2.52. The molecular weight excluding hydrogens is 242 g/mol. The SMILES string of the molecule is CCCC(COC)n1c(N)nc2ccc(OC)cc21. The first-order chi connectivity index (χ1) is 9.21. The molecule has 0 bridgehead atoms. The lowest BCUT2D eigenvalue weighted by molar-refractivity contribution is 0.153. The average Bonchev–Trinajstić information content (AvgIpc) is 2.73. The topological polar surface area (TPSA) is 62.3 Å². The molecule has 5 nitrogen and oxygen atoms in total. The number of nitrogens with two attached hydrogens (primary N) is 1. The van der Waals surface area contributed by atoms with E-state index < -0.39 is 0 Å². The fourth-order valence-electron chi connectivity index (χ4n) is 2.41. The Bertz CT molecular complexity index is 545. The van der Waals surface area contributed by atoms with Gasteiger partial charge in [0.25, 0.3) is 0 Å². The highest BCUT2D eigenvalue weighted by atomic mass is 16.5. The zero-order valence-corrected chi connectivity index (χ0v) is 11.7. The van der Waals surface area contributed by atoms with Crippen molar-refractivity contribution in [2.75, 3.05) is 26.6 Å². The molecule has 5 heteroatoms. The highest BCUT2D eigenvalue weighted by Gasteiger charge is 2.17. The monoisotopic (exact) mass is 263 g/mol. The molecule has 104 valence electrons. The van der Waals surface area contributed by atoms with E-state index in [9.17, 15) is 0 Å².